The Morgan fingerprint density at radius 1 is 1.00 bits per heavy atom. The SMILES string of the molecule is CC(C)[C@H](CO)N1C(=O)[C@@H]2[C@H]3C(=O)N(C)CC=C[C@@]3(C)O[C@@]23C=CCN(C(C)(C)CC(C)(C)C)C(=O)C13. The molecule has 0 bridgehead atoms. The van der Waals surface area contributed by atoms with Crippen LogP contribution in [0.25, 0.3) is 0 Å². The molecule has 4 heterocycles. The van der Waals surface area contributed by atoms with Crippen LogP contribution in [-0.4, -0.2) is 93.1 Å². The maximum atomic E-state index is 14.6. The number of aliphatic hydroxyl groups is 1. The molecule has 3 amide bonds. The Morgan fingerprint density at radius 2 is 1.62 bits per heavy atom. The van der Waals surface area contributed by atoms with Gasteiger partial charge in [-0.15, -0.1) is 0 Å². The second-order valence-electron chi connectivity index (χ2n) is 13.8. The molecule has 0 aromatic heterocycles. The molecule has 8 nitrogen and oxygen atoms in total. The van der Waals surface area contributed by atoms with E-state index in [0.717, 1.165) is 6.42 Å². The first kappa shape index (κ1) is 27.8. The van der Waals surface area contributed by atoms with Crippen molar-refractivity contribution >= 4 is 17.7 Å². The molecule has 1 unspecified atom stereocenters. The summed E-state index contributed by atoms with van der Waals surface area (Å²) in [6.07, 6.45) is 8.36. The van der Waals surface area contributed by atoms with Crippen molar-refractivity contribution in [2.45, 2.75) is 90.6 Å². The van der Waals surface area contributed by atoms with Crippen LogP contribution in [-0.2, 0) is 19.1 Å². The standard InChI is InChI=1S/C29H45N3O5/c1-18(2)19(16-33)32-22-25(36)31(27(6,7)17-26(3,4)5)15-11-13-29(22)21(24(32)35)20-23(34)30(9)14-10-12-28(20,8)37-29/h10-13,18-22,33H,14-17H2,1-9H3/t19-,20-,21-,22?,28+,29-/m0/s1. The molecule has 0 aromatic carbocycles. The molecule has 1 spiro atoms. The highest BCUT2D eigenvalue weighted by atomic mass is 16.5. The van der Waals surface area contributed by atoms with Crippen molar-refractivity contribution in [3.8, 4) is 0 Å². The molecule has 1 N–H and O–H groups in total. The van der Waals surface area contributed by atoms with Crippen LogP contribution in [0.2, 0.25) is 0 Å². The zero-order valence-electron chi connectivity index (χ0n) is 23.9. The predicted octanol–water partition coefficient (Wildman–Crippen LogP) is 2.62. The Balaban J connectivity index is 1.91. The zero-order valence-corrected chi connectivity index (χ0v) is 23.9. The Labute approximate surface area is 221 Å². The fraction of sp³-hybridized carbons (Fsp3) is 0.759. The quantitative estimate of drug-likeness (QED) is 0.569. The van der Waals surface area contributed by atoms with Gasteiger partial charge in [-0.3, -0.25) is 14.4 Å². The Morgan fingerprint density at radius 3 is 2.19 bits per heavy atom. The van der Waals surface area contributed by atoms with E-state index in [4.69, 9.17) is 4.74 Å². The molecule has 4 aliphatic rings. The first-order chi connectivity index (χ1) is 17.0. The number of carbonyl (C=O) groups excluding carboxylic acids is 3. The molecule has 0 aliphatic carbocycles. The van der Waals surface area contributed by atoms with Crippen LogP contribution in [0.1, 0.15) is 61.8 Å². The topological polar surface area (TPSA) is 90.4 Å². The van der Waals surface area contributed by atoms with E-state index in [2.05, 4.69) is 34.6 Å². The third-order valence-corrected chi connectivity index (χ3v) is 8.70. The van der Waals surface area contributed by atoms with Gasteiger partial charge >= 0.3 is 0 Å². The van der Waals surface area contributed by atoms with Crippen molar-refractivity contribution in [3.05, 3.63) is 24.3 Å². The molecular formula is C29H45N3O5. The summed E-state index contributed by atoms with van der Waals surface area (Å²) >= 11 is 0. The van der Waals surface area contributed by atoms with Crippen LogP contribution in [0.4, 0.5) is 0 Å². The van der Waals surface area contributed by atoms with Gasteiger partial charge in [0, 0.05) is 25.7 Å². The molecule has 0 radical (unpaired) electrons. The second kappa shape index (κ2) is 8.94. The Kier molecular flexibility index (Phi) is 6.72. The molecule has 2 fully saturated rings. The third kappa shape index (κ3) is 4.24. The van der Waals surface area contributed by atoms with Crippen LogP contribution >= 0.6 is 0 Å². The molecule has 0 saturated carbocycles. The largest absolute Gasteiger partial charge is 0.394 e. The van der Waals surface area contributed by atoms with Crippen molar-refractivity contribution in [1.82, 2.24) is 14.7 Å². The number of rotatable bonds is 5. The summed E-state index contributed by atoms with van der Waals surface area (Å²) in [6.45, 7) is 16.8. The normalized spacial score (nSPS) is 35.1. The second-order valence-corrected chi connectivity index (χ2v) is 13.8. The lowest BCUT2D eigenvalue weighted by atomic mass is 9.74. The minimum absolute atomic E-state index is 0.0247. The average Bonchev–Trinajstić information content (AvgIpc) is 3.02. The summed E-state index contributed by atoms with van der Waals surface area (Å²) in [5, 5.41) is 10.4. The Bertz CT molecular complexity index is 1030. The van der Waals surface area contributed by atoms with Gasteiger partial charge in [0.2, 0.25) is 17.7 Å². The lowest BCUT2D eigenvalue weighted by Crippen LogP contribution is -2.62. The van der Waals surface area contributed by atoms with Crippen LogP contribution in [0, 0.1) is 23.2 Å². The molecule has 4 rings (SSSR count). The molecule has 8 heteroatoms. The highest BCUT2D eigenvalue weighted by Gasteiger charge is 2.75. The fourth-order valence-corrected chi connectivity index (χ4v) is 7.50. The highest BCUT2D eigenvalue weighted by molar-refractivity contribution is 6.00. The monoisotopic (exact) mass is 515 g/mol. The minimum Gasteiger partial charge on any atom is -0.394 e. The molecule has 6 atom stereocenters. The van der Waals surface area contributed by atoms with Crippen LogP contribution in [0.5, 0.6) is 0 Å². The van der Waals surface area contributed by atoms with Gasteiger partial charge in [-0.25, -0.2) is 0 Å². The summed E-state index contributed by atoms with van der Waals surface area (Å²) in [7, 11) is 1.73. The number of hydrogen-bond donors (Lipinski definition) is 1. The van der Waals surface area contributed by atoms with E-state index in [9.17, 15) is 19.5 Å². The molecule has 37 heavy (non-hydrogen) atoms. The number of nitrogens with zero attached hydrogens (tertiary/aromatic N) is 3. The highest BCUT2D eigenvalue weighted by Crippen LogP contribution is 2.58. The number of ether oxygens (including phenoxy) is 1. The molecule has 0 aromatic rings. The van der Waals surface area contributed by atoms with Gasteiger partial charge in [0.25, 0.3) is 0 Å². The molecule has 4 aliphatic heterocycles. The van der Waals surface area contributed by atoms with Gasteiger partial charge in [-0.1, -0.05) is 58.9 Å². The minimum atomic E-state index is -1.30. The van der Waals surface area contributed by atoms with E-state index in [1.165, 1.54) is 0 Å². The summed E-state index contributed by atoms with van der Waals surface area (Å²) in [6, 6.07) is -1.55. The number of carbonyl (C=O) groups is 3. The lowest BCUT2D eigenvalue weighted by Gasteiger charge is -2.46. The third-order valence-electron chi connectivity index (χ3n) is 8.70. The molecule has 206 valence electrons. The van der Waals surface area contributed by atoms with Gasteiger partial charge in [0.05, 0.1) is 30.1 Å². The first-order valence-corrected chi connectivity index (χ1v) is 13.6. The zero-order chi connectivity index (χ0) is 27.7. The van der Waals surface area contributed by atoms with E-state index in [1.807, 2.05) is 50.0 Å². The van der Waals surface area contributed by atoms with Crippen LogP contribution in [0.15, 0.2) is 24.3 Å². The van der Waals surface area contributed by atoms with Crippen molar-refractivity contribution in [3.63, 3.8) is 0 Å². The number of likely N-dealkylation sites (N-methyl/N-ethyl adjacent to an activating group) is 1. The van der Waals surface area contributed by atoms with Crippen molar-refractivity contribution < 1.29 is 24.2 Å². The summed E-state index contributed by atoms with van der Waals surface area (Å²) < 4.78 is 6.84. The fourth-order valence-electron chi connectivity index (χ4n) is 7.50. The van der Waals surface area contributed by atoms with Crippen molar-refractivity contribution in [2.75, 3.05) is 26.7 Å². The van der Waals surface area contributed by atoms with Gasteiger partial charge in [0.1, 0.15) is 11.6 Å². The lowest BCUT2D eigenvalue weighted by molar-refractivity contribution is -0.160. The maximum absolute atomic E-state index is 14.6. The van der Waals surface area contributed by atoms with Gasteiger partial charge in [0.15, 0.2) is 0 Å². The molecular weight excluding hydrogens is 470 g/mol. The summed E-state index contributed by atoms with van der Waals surface area (Å²) in [5.41, 5.74) is -2.85. The Hall–Kier alpha value is -2.19. The number of likely N-dealkylation sites (tertiary alicyclic amines) is 1. The number of aliphatic hydroxyl groups excluding tert-OH is 1. The number of hydrogen-bond acceptors (Lipinski definition) is 5. The summed E-state index contributed by atoms with van der Waals surface area (Å²) in [5.74, 6) is -2.38. The summed E-state index contributed by atoms with van der Waals surface area (Å²) in [4.78, 5) is 47.8. The maximum Gasteiger partial charge on any atom is 0.249 e. The number of fused-ring (bicyclic) bond motifs is 2. The van der Waals surface area contributed by atoms with Crippen LogP contribution < -0.4 is 0 Å². The van der Waals surface area contributed by atoms with E-state index >= 15 is 0 Å². The van der Waals surface area contributed by atoms with Gasteiger partial charge in [-0.05, 0) is 38.5 Å². The first-order valence-electron chi connectivity index (χ1n) is 13.6. The smallest absolute Gasteiger partial charge is 0.249 e. The predicted molar refractivity (Wildman–Crippen MR) is 141 cm³/mol. The van der Waals surface area contributed by atoms with E-state index < -0.39 is 40.7 Å². The van der Waals surface area contributed by atoms with Gasteiger partial charge < -0.3 is 24.5 Å². The molecule has 2 saturated heterocycles. The van der Waals surface area contributed by atoms with Crippen LogP contribution in [0.3, 0.4) is 0 Å². The van der Waals surface area contributed by atoms with Crippen molar-refractivity contribution in [2.24, 2.45) is 23.2 Å². The average molecular weight is 516 g/mol. The van der Waals surface area contributed by atoms with E-state index in [0.29, 0.717) is 13.1 Å². The van der Waals surface area contributed by atoms with E-state index in [-0.39, 0.29) is 35.7 Å². The number of amides is 3. The van der Waals surface area contributed by atoms with Gasteiger partial charge in [-0.2, -0.15) is 0 Å². The van der Waals surface area contributed by atoms with E-state index in [1.54, 1.807) is 16.8 Å². The van der Waals surface area contributed by atoms with Crippen molar-refractivity contribution in [1.29, 1.82) is 0 Å².